The first-order valence-corrected chi connectivity index (χ1v) is 6.71. The van der Waals surface area contributed by atoms with Crippen LogP contribution in [0.2, 0.25) is 0 Å². The summed E-state index contributed by atoms with van der Waals surface area (Å²) in [7, 11) is 0. The molecule has 16 heavy (non-hydrogen) atoms. The summed E-state index contributed by atoms with van der Waals surface area (Å²) in [6.45, 7) is 18.6. The molecule has 0 amide bonds. The molecule has 1 fully saturated rings. The van der Waals surface area contributed by atoms with Crippen LogP contribution >= 0.6 is 0 Å². The predicted octanol–water partition coefficient (Wildman–Crippen LogP) is 2.88. The molecule has 0 bridgehead atoms. The van der Waals surface area contributed by atoms with Crippen molar-refractivity contribution in [3.05, 3.63) is 0 Å². The van der Waals surface area contributed by atoms with Gasteiger partial charge in [0.1, 0.15) is 0 Å². The SMILES string of the molecule is CCC1(C)CN(C(C)(C)C)C(C(C)C)CN1. The van der Waals surface area contributed by atoms with Gasteiger partial charge in [0.15, 0.2) is 0 Å². The van der Waals surface area contributed by atoms with Gasteiger partial charge in [-0.2, -0.15) is 0 Å². The van der Waals surface area contributed by atoms with Crippen LogP contribution in [-0.4, -0.2) is 35.1 Å². The summed E-state index contributed by atoms with van der Waals surface area (Å²) in [6, 6.07) is 0.666. The van der Waals surface area contributed by atoms with Crippen molar-refractivity contribution in [1.29, 1.82) is 0 Å². The summed E-state index contributed by atoms with van der Waals surface area (Å²) < 4.78 is 0. The monoisotopic (exact) mass is 226 g/mol. The van der Waals surface area contributed by atoms with Crippen LogP contribution in [0.4, 0.5) is 0 Å². The molecular formula is C14H30N2. The van der Waals surface area contributed by atoms with Gasteiger partial charge in [0.05, 0.1) is 0 Å². The summed E-state index contributed by atoms with van der Waals surface area (Å²) in [5.74, 6) is 0.716. The average molecular weight is 226 g/mol. The van der Waals surface area contributed by atoms with Crippen LogP contribution in [-0.2, 0) is 0 Å². The second-order valence-electron chi connectivity index (χ2n) is 6.91. The standard InChI is InChI=1S/C14H30N2/c1-8-14(7)10-16(13(4,5)6)12(9-15-14)11(2)3/h11-12,15H,8-10H2,1-7H3. The van der Waals surface area contributed by atoms with Gasteiger partial charge in [-0.15, -0.1) is 0 Å². The van der Waals surface area contributed by atoms with Crippen molar-refractivity contribution < 1.29 is 0 Å². The lowest BCUT2D eigenvalue weighted by Crippen LogP contribution is -2.67. The fourth-order valence-electron chi connectivity index (χ4n) is 2.58. The number of nitrogens with zero attached hydrogens (tertiary/aromatic N) is 1. The van der Waals surface area contributed by atoms with Crippen molar-refractivity contribution in [2.45, 2.75) is 72.0 Å². The third-order valence-corrected chi connectivity index (χ3v) is 4.07. The van der Waals surface area contributed by atoms with E-state index in [1.54, 1.807) is 0 Å². The average Bonchev–Trinajstić information content (AvgIpc) is 2.16. The molecule has 1 N–H and O–H groups in total. The fraction of sp³-hybridized carbons (Fsp3) is 1.00. The minimum atomic E-state index is 0.271. The fourth-order valence-corrected chi connectivity index (χ4v) is 2.58. The zero-order valence-corrected chi connectivity index (χ0v) is 12.2. The highest BCUT2D eigenvalue weighted by Crippen LogP contribution is 2.28. The molecule has 2 atom stereocenters. The van der Waals surface area contributed by atoms with Gasteiger partial charge < -0.3 is 5.32 Å². The number of hydrogen-bond donors (Lipinski definition) is 1. The summed E-state index contributed by atoms with van der Waals surface area (Å²) in [4.78, 5) is 2.69. The van der Waals surface area contributed by atoms with E-state index in [1.807, 2.05) is 0 Å². The van der Waals surface area contributed by atoms with Crippen LogP contribution < -0.4 is 5.32 Å². The van der Waals surface area contributed by atoms with Gasteiger partial charge in [0.25, 0.3) is 0 Å². The Labute approximate surface area is 102 Å². The van der Waals surface area contributed by atoms with E-state index in [9.17, 15) is 0 Å². The van der Waals surface area contributed by atoms with Gasteiger partial charge >= 0.3 is 0 Å². The highest BCUT2D eigenvalue weighted by Gasteiger charge is 2.40. The molecule has 0 aliphatic carbocycles. The molecule has 0 aromatic heterocycles. The Morgan fingerprint density at radius 3 is 2.31 bits per heavy atom. The smallest absolute Gasteiger partial charge is 0.0278 e. The van der Waals surface area contributed by atoms with E-state index in [1.165, 1.54) is 6.42 Å². The third kappa shape index (κ3) is 2.98. The summed E-state index contributed by atoms with van der Waals surface area (Å²) in [5.41, 5.74) is 0.562. The van der Waals surface area contributed by atoms with Crippen molar-refractivity contribution in [1.82, 2.24) is 10.2 Å². The maximum absolute atomic E-state index is 3.74. The summed E-state index contributed by atoms with van der Waals surface area (Å²) in [5, 5.41) is 3.74. The van der Waals surface area contributed by atoms with Gasteiger partial charge in [-0.05, 0) is 40.0 Å². The van der Waals surface area contributed by atoms with Crippen LogP contribution in [0.15, 0.2) is 0 Å². The van der Waals surface area contributed by atoms with Crippen molar-refractivity contribution >= 4 is 0 Å². The van der Waals surface area contributed by atoms with Gasteiger partial charge in [0, 0.05) is 30.2 Å². The van der Waals surface area contributed by atoms with E-state index in [2.05, 4.69) is 58.7 Å². The molecule has 2 nitrogen and oxygen atoms in total. The number of piperazine rings is 1. The first kappa shape index (κ1) is 14.0. The highest BCUT2D eigenvalue weighted by molar-refractivity contribution is 4.99. The quantitative estimate of drug-likeness (QED) is 0.779. The highest BCUT2D eigenvalue weighted by atomic mass is 15.3. The van der Waals surface area contributed by atoms with Gasteiger partial charge in [-0.1, -0.05) is 20.8 Å². The first-order valence-electron chi connectivity index (χ1n) is 6.71. The lowest BCUT2D eigenvalue weighted by atomic mass is 9.86. The molecule has 0 aromatic carbocycles. The van der Waals surface area contributed by atoms with Gasteiger partial charge in [-0.25, -0.2) is 0 Å². The number of hydrogen-bond acceptors (Lipinski definition) is 2. The van der Waals surface area contributed by atoms with Gasteiger partial charge in [0.2, 0.25) is 0 Å². The zero-order chi connectivity index (χ0) is 12.6. The molecule has 2 heteroatoms. The van der Waals surface area contributed by atoms with Crippen LogP contribution in [0.3, 0.4) is 0 Å². The first-order chi connectivity index (χ1) is 7.19. The van der Waals surface area contributed by atoms with Crippen LogP contribution in [0, 0.1) is 5.92 Å². The second kappa shape index (κ2) is 4.66. The number of rotatable bonds is 2. The van der Waals surface area contributed by atoms with E-state index in [0.29, 0.717) is 17.5 Å². The van der Waals surface area contributed by atoms with E-state index in [-0.39, 0.29) is 5.54 Å². The van der Waals surface area contributed by atoms with E-state index < -0.39 is 0 Å². The summed E-state index contributed by atoms with van der Waals surface area (Å²) in [6.07, 6.45) is 1.20. The molecule has 1 aliphatic rings. The Bertz CT molecular complexity index is 229. The van der Waals surface area contributed by atoms with Gasteiger partial charge in [-0.3, -0.25) is 4.90 Å². The Morgan fingerprint density at radius 2 is 1.94 bits per heavy atom. The molecule has 0 spiro atoms. The predicted molar refractivity (Wildman–Crippen MR) is 71.8 cm³/mol. The molecule has 0 saturated carbocycles. The Hall–Kier alpha value is -0.0800. The van der Waals surface area contributed by atoms with E-state index in [0.717, 1.165) is 13.1 Å². The molecule has 2 unspecified atom stereocenters. The Morgan fingerprint density at radius 1 is 1.38 bits per heavy atom. The van der Waals surface area contributed by atoms with E-state index in [4.69, 9.17) is 0 Å². The maximum Gasteiger partial charge on any atom is 0.0278 e. The lowest BCUT2D eigenvalue weighted by Gasteiger charge is -2.53. The molecule has 0 aromatic rings. The molecule has 1 saturated heterocycles. The Kier molecular flexibility index (Phi) is 4.07. The van der Waals surface area contributed by atoms with Crippen molar-refractivity contribution in [2.24, 2.45) is 5.92 Å². The molecular weight excluding hydrogens is 196 g/mol. The topological polar surface area (TPSA) is 15.3 Å². The largest absolute Gasteiger partial charge is 0.309 e. The van der Waals surface area contributed by atoms with Crippen molar-refractivity contribution in [3.8, 4) is 0 Å². The van der Waals surface area contributed by atoms with Crippen LogP contribution in [0.1, 0.15) is 54.9 Å². The molecule has 0 radical (unpaired) electrons. The summed E-state index contributed by atoms with van der Waals surface area (Å²) >= 11 is 0. The van der Waals surface area contributed by atoms with Crippen molar-refractivity contribution in [2.75, 3.05) is 13.1 Å². The molecule has 1 aliphatic heterocycles. The lowest BCUT2D eigenvalue weighted by molar-refractivity contribution is -0.00626. The maximum atomic E-state index is 3.74. The number of nitrogens with one attached hydrogen (secondary N) is 1. The van der Waals surface area contributed by atoms with Crippen LogP contribution in [0.25, 0.3) is 0 Å². The zero-order valence-electron chi connectivity index (χ0n) is 12.2. The molecule has 1 rings (SSSR count). The minimum Gasteiger partial charge on any atom is -0.309 e. The third-order valence-electron chi connectivity index (χ3n) is 4.07. The normalized spacial score (nSPS) is 33.4. The molecule has 1 heterocycles. The van der Waals surface area contributed by atoms with Crippen molar-refractivity contribution in [3.63, 3.8) is 0 Å². The minimum absolute atomic E-state index is 0.271. The van der Waals surface area contributed by atoms with E-state index >= 15 is 0 Å². The Balaban J connectivity index is 2.86. The second-order valence-corrected chi connectivity index (χ2v) is 6.91. The van der Waals surface area contributed by atoms with Crippen LogP contribution in [0.5, 0.6) is 0 Å². The molecule has 96 valence electrons.